The van der Waals surface area contributed by atoms with Gasteiger partial charge in [-0.25, -0.2) is 0 Å². The summed E-state index contributed by atoms with van der Waals surface area (Å²) >= 11 is 0. The van der Waals surface area contributed by atoms with E-state index in [-0.39, 0.29) is 17.3 Å². The number of fused-ring (bicyclic) bond motifs is 1. The van der Waals surface area contributed by atoms with E-state index in [0.717, 1.165) is 5.56 Å². The van der Waals surface area contributed by atoms with Crippen molar-refractivity contribution in [1.82, 2.24) is 0 Å². The van der Waals surface area contributed by atoms with Crippen molar-refractivity contribution in [3.8, 4) is 17.3 Å². The number of rotatable bonds is 4. The summed E-state index contributed by atoms with van der Waals surface area (Å²) in [5.74, 6) is -1.33. The largest absolute Gasteiger partial charge is 0.546 e. The van der Waals surface area contributed by atoms with Gasteiger partial charge in [-0.3, -0.25) is 4.79 Å². The van der Waals surface area contributed by atoms with E-state index in [2.05, 4.69) is 0 Å². The molecular formula is C16H11O6-. The summed E-state index contributed by atoms with van der Waals surface area (Å²) in [6, 6.07) is 8.29. The van der Waals surface area contributed by atoms with Gasteiger partial charge in [0.25, 0.3) is 0 Å². The lowest BCUT2D eigenvalue weighted by molar-refractivity contribution is -0.307. The van der Waals surface area contributed by atoms with Crippen LogP contribution in [0.15, 0.2) is 50.2 Å². The van der Waals surface area contributed by atoms with Crippen LogP contribution in [0.25, 0.3) is 22.5 Å². The Balaban J connectivity index is 2.27. The maximum atomic E-state index is 12.5. The number of furan rings is 1. The molecule has 112 valence electrons. The Labute approximate surface area is 124 Å². The number of carbonyl (C=O) groups is 1. The van der Waals surface area contributed by atoms with Crippen LogP contribution >= 0.6 is 0 Å². The number of carboxylic acids is 1. The van der Waals surface area contributed by atoms with Crippen LogP contribution in [0.5, 0.6) is 5.75 Å². The van der Waals surface area contributed by atoms with Crippen molar-refractivity contribution in [1.29, 1.82) is 0 Å². The summed E-state index contributed by atoms with van der Waals surface area (Å²) in [6.45, 7) is 1.11. The summed E-state index contributed by atoms with van der Waals surface area (Å²) in [5, 5.41) is 10.9. The van der Waals surface area contributed by atoms with Crippen molar-refractivity contribution < 1.29 is 23.5 Å². The van der Waals surface area contributed by atoms with Crippen molar-refractivity contribution in [2.75, 3.05) is 6.61 Å². The molecule has 0 N–H and O–H groups in total. The maximum Gasteiger partial charge on any atom is 0.235 e. The predicted octanol–water partition coefficient (Wildman–Crippen LogP) is 1.49. The number of benzene rings is 1. The van der Waals surface area contributed by atoms with E-state index in [1.165, 1.54) is 6.26 Å². The molecule has 6 nitrogen and oxygen atoms in total. The number of carboxylic acid groups (broad SMARTS) is 1. The Morgan fingerprint density at radius 3 is 2.82 bits per heavy atom. The Morgan fingerprint density at radius 2 is 2.14 bits per heavy atom. The highest BCUT2D eigenvalue weighted by Crippen LogP contribution is 2.31. The van der Waals surface area contributed by atoms with Crippen molar-refractivity contribution >= 4 is 16.9 Å². The molecule has 0 bridgehead atoms. The molecule has 0 saturated carbocycles. The van der Waals surface area contributed by atoms with Gasteiger partial charge in [-0.15, -0.1) is 0 Å². The van der Waals surface area contributed by atoms with Gasteiger partial charge in [0.2, 0.25) is 16.9 Å². The van der Waals surface area contributed by atoms with Gasteiger partial charge >= 0.3 is 0 Å². The number of ether oxygens (including phenoxy) is 1. The van der Waals surface area contributed by atoms with Gasteiger partial charge in [-0.1, -0.05) is 6.07 Å². The SMILES string of the molecule is Cc1ccc2c(=O)c(OCC(=O)[O-])c(-c3ccco3)oc2c1. The van der Waals surface area contributed by atoms with Crippen LogP contribution in [0.4, 0.5) is 0 Å². The van der Waals surface area contributed by atoms with Gasteiger partial charge in [-0.2, -0.15) is 0 Å². The second kappa shape index (κ2) is 5.40. The van der Waals surface area contributed by atoms with Crippen LogP contribution in [-0.4, -0.2) is 12.6 Å². The van der Waals surface area contributed by atoms with Crippen LogP contribution in [0.2, 0.25) is 0 Å². The molecular weight excluding hydrogens is 288 g/mol. The molecule has 2 aromatic heterocycles. The Bertz CT molecular complexity index is 889. The third-order valence-corrected chi connectivity index (χ3v) is 3.09. The van der Waals surface area contributed by atoms with Gasteiger partial charge in [0, 0.05) is 0 Å². The Morgan fingerprint density at radius 1 is 1.32 bits per heavy atom. The summed E-state index contributed by atoms with van der Waals surface area (Å²) in [5.41, 5.74) is 0.829. The first kappa shape index (κ1) is 13.9. The third-order valence-electron chi connectivity index (χ3n) is 3.09. The molecule has 0 aliphatic rings. The quantitative estimate of drug-likeness (QED) is 0.724. The molecule has 0 aliphatic heterocycles. The first-order chi connectivity index (χ1) is 10.6. The molecule has 2 heterocycles. The first-order valence-corrected chi connectivity index (χ1v) is 6.50. The van der Waals surface area contributed by atoms with Crippen molar-refractivity contribution in [2.45, 2.75) is 6.92 Å². The van der Waals surface area contributed by atoms with E-state index in [4.69, 9.17) is 13.6 Å². The minimum Gasteiger partial charge on any atom is -0.546 e. The highest BCUT2D eigenvalue weighted by Gasteiger charge is 2.19. The summed E-state index contributed by atoms with van der Waals surface area (Å²) in [7, 11) is 0. The molecule has 0 unspecified atom stereocenters. The van der Waals surface area contributed by atoms with Crippen LogP contribution in [0.3, 0.4) is 0 Å². The molecule has 1 aromatic carbocycles. The average molecular weight is 299 g/mol. The number of aryl methyl sites for hydroxylation is 1. The number of aliphatic carboxylic acids is 1. The molecule has 3 rings (SSSR count). The van der Waals surface area contributed by atoms with Crippen molar-refractivity contribution in [3.05, 3.63) is 52.4 Å². The lowest BCUT2D eigenvalue weighted by Crippen LogP contribution is -2.30. The second-order valence-electron chi connectivity index (χ2n) is 4.73. The smallest absolute Gasteiger partial charge is 0.235 e. The fraction of sp³-hybridized carbons (Fsp3) is 0.125. The van der Waals surface area contributed by atoms with Crippen LogP contribution in [0, 0.1) is 6.92 Å². The van der Waals surface area contributed by atoms with E-state index >= 15 is 0 Å². The molecule has 3 aromatic rings. The van der Waals surface area contributed by atoms with Crippen LogP contribution in [0.1, 0.15) is 5.56 Å². The summed E-state index contributed by atoms with van der Waals surface area (Å²) in [6.07, 6.45) is 1.41. The standard InChI is InChI=1S/C16H12O6/c1-9-4-5-10-12(7-9)22-15(11-3-2-6-20-11)16(14(10)19)21-8-13(17)18/h2-7H,8H2,1H3,(H,17,18)/p-1. The Hall–Kier alpha value is -3.02. The third kappa shape index (κ3) is 2.46. The fourth-order valence-electron chi connectivity index (χ4n) is 2.12. The zero-order chi connectivity index (χ0) is 15.7. The predicted molar refractivity (Wildman–Crippen MR) is 75.4 cm³/mol. The molecule has 0 radical (unpaired) electrons. The molecule has 0 aliphatic carbocycles. The first-order valence-electron chi connectivity index (χ1n) is 6.50. The molecule has 0 spiro atoms. The van der Waals surface area contributed by atoms with E-state index in [1.54, 1.807) is 30.3 Å². The number of hydrogen-bond acceptors (Lipinski definition) is 6. The van der Waals surface area contributed by atoms with Crippen molar-refractivity contribution in [3.63, 3.8) is 0 Å². The minimum absolute atomic E-state index is 0.0503. The molecule has 0 saturated heterocycles. The van der Waals surface area contributed by atoms with Gasteiger partial charge in [0.1, 0.15) is 12.2 Å². The second-order valence-corrected chi connectivity index (χ2v) is 4.73. The van der Waals surface area contributed by atoms with Crippen LogP contribution in [-0.2, 0) is 4.79 Å². The van der Waals surface area contributed by atoms with Gasteiger partial charge in [0.05, 0.1) is 17.6 Å². The highest BCUT2D eigenvalue weighted by atomic mass is 16.5. The molecule has 0 atom stereocenters. The fourth-order valence-corrected chi connectivity index (χ4v) is 2.12. The molecule has 6 heteroatoms. The lowest BCUT2D eigenvalue weighted by atomic mass is 10.1. The van der Waals surface area contributed by atoms with E-state index in [0.29, 0.717) is 11.0 Å². The highest BCUT2D eigenvalue weighted by molar-refractivity contribution is 5.82. The van der Waals surface area contributed by atoms with E-state index in [9.17, 15) is 14.7 Å². The van der Waals surface area contributed by atoms with Crippen LogP contribution < -0.4 is 15.3 Å². The lowest BCUT2D eigenvalue weighted by Gasteiger charge is -2.10. The Kier molecular flexibility index (Phi) is 3.42. The topological polar surface area (TPSA) is 92.7 Å². The van der Waals surface area contributed by atoms with E-state index in [1.807, 2.05) is 6.92 Å². The number of hydrogen-bond donors (Lipinski definition) is 0. The molecule has 0 amide bonds. The zero-order valence-electron chi connectivity index (χ0n) is 11.6. The molecule has 22 heavy (non-hydrogen) atoms. The van der Waals surface area contributed by atoms with Gasteiger partial charge in [-0.05, 0) is 36.8 Å². The van der Waals surface area contributed by atoms with Gasteiger partial charge < -0.3 is 23.5 Å². The minimum atomic E-state index is -1.44. The van der Waals surface area contributed by atoms with E-state index < -0.39 is 18.0 Å². The van der Waals surface area contributed by atoms with Gasteiger partial charge in [0.15, 0.2) is 5.76 Å². The molecule has 0 fully saturated rings. The summed E-state index contributed by atoms with van der Waals surface area (Å²) < 4.78 is 16.0. The monoisotopic (exact) mass is 299 g/mol. The van der Waals surface area contributed by atoms with Crippen molar-refractivity contribution in [2.24, 2.45) is 0 Å². The maximum absolute atomic E-state index is 12.5. The normalized spacial score (nSPS) is 10.8. The average Bonchev–Trinajstić information content (AvgIpc) is 2.99. The number of carbonyl (C=O) groups excluding carboxylic acids is 1. The zero-order valence-corrected chi connectivity index (χ0v) is 11.6. The summed E-state index contributed by atoms with van der Waals surface area (Å²) in [4.78, 5) is 23.1.